The second-order valence-electron chi connectivity index (χ2n) is 4.72. The third kappa shape index (κ3) is 3.63. The summed E-state index contributed by atoms with van der Waals surface area (Å²) in [5.41, 5.74) is 2.29. The summed E-state index contributed by atoms with van der Waals surface area (Å²) in [5.74, 6) is -0.426. The van der Waals surface area contributed by atoms with E-state index in [0.29, 0.717) is 23.6 Å². The first-order valence-electron chi connectivity index (χ1n) is 6.83. The Morgan fingerprint density at radius 3 is 2.55 bits per heavy atom. The van der Waals surface area contributed by atoms with Gasteiger partial charge in [0, 0.05) is 6.54 Å². The van der Waals surface area contributed by atoms with E-state index in [1.54, 1.807) is 19.1 Å². The Morgan fingerprint density at radius 2 is 1.95 bits per heavy atom. The molecule has 0 fully saturated rings. The van der Waals surface area contributed by atoms with Gasteiger partial charge in [0.05, 0.1) is 5.56 Å². The van der Waals surface area contributed by atoms with Crippen LogP contribution in [0, 0.1) is 6.92 Å². The molecule has 0 radical (unpaired) electrons. The number of benzene rings is 1. The quantitative estimate of drug-likeness (QED) is 0.787. The van der Waals surface area contributed by atoms with E-state index in [2.05, 4.69) is 15.8 Å². The molecule has 0 aliphatic rings. The maximum absolute atomic E-state index is 11.9. The van der Waals surface area contributed by atoms with Crippen LogP contribution >= 0.6 is 0 Å². The van der Waals surface area contributed by atoms with Gasteiger partial charge in [-0.15, -0.1) is 0 Å². The Labute approximate surface area is 127 Å². The topological polar surface area (TPSA) is 104 Å². The highest BCUT2D eigenvalue weighted by molar-refractivity contribution is 5.90. The summed E-state index contributed by atoms with van der Waals surface area (Å²) in [6.45, 7) is 3.94. The molecule has 2 aromatic rings. The number of nitrogens with zero attached hydrogens (tertiary/aromatic N) is 1. The normalized spacial score (nSPS) is 10.3. The Kier molecular flexibility index (Phi) is 4.77. The summed E-state index contributed by atoms with van der Waals surface area (Å²) in [6.07, 6.45) is 0.656. The molecular formula is C15H17N3O4. The van der Waals surface area contributed by atoms with Gasteiger partial charge in [0.15, 0.2) is 5.76 Å². The third-order valence-corrected chi connectivity index (χ3v) is 3.16. The molecule has 7 nitrogen and oxygen atoms in total. The van der Waals surface area contributed by atoms with E-state index >= 15 is 0 Å². The monoisotopic (exact) mass is 303 g/mol. The van der Waals surface area contributed by atoms with Crippen molar-refractivity contribution in [3.05, 3.63) is 46.8 Å². The zero-order valence-corrected chi connectivity index (χ0v) is 12.3. The largest absolute Gasteiger partial charge is 0.478 e. The summed E-state index contributed by atoms with van der Waals surface area (Å²) in [5, 5.41) is 18.1. The van der Waals surface area contributed by atoms with E-state index in [9.17, 15) is 9.59 Å². The SMILES string of the molecule is CCc1noc(C)c1NC(=O)NCc1ccc(C(=O)O)cc1. The maximum Gasteiger partial charge on any atom is 0.335 e. The standard InChI is InChI=1S/C15H17N3O4/c1-3-12-13(9(2)22-18-12)17-15(21)16-8-10-4-6-11(7-5-10)14(19)20/h4-7H,3,8H2,1-2H3,(H,19,20)(H2,16,17,21). The van der Waals surface area contributed by atoms with Gasteiger partial charge in [0.25, 0.3) is 0 Å². The lowest BCUT2D eigenvalue weighted by atomic mass is 10.1. The predicted octanol–water partition coefficient (Wildman–Crippen LogP) is 2.57. The molecule has 0 aliphatic carbocycles. The number of hydrogen-bond donors (Lipinski definition) is 3. The number of carbonyl (C=O) groups is 2. The number of aromatic carboxylic acids is 1. The number of urea groups is 1. The minimum absolute atomic E-state index is 0.209. The molecule has 0 aliphatic heterocycles. The van der Waals surface area contributed by atoms with Crippen LogP contribution in [0.3, 0.4) is 0 Å². The Morgan fingerprint density at radius 1 is 1.27 bits per heavy atom. The molecule has 116 valence electrons. The molecule has 22 heavy (non-hydrogen) atoms. The summed E-state index contributed by atoms with van der Waals surface area (Å²) in [6, 6.07) is 5.94. The molecule has 0 bridgehead atoms. The molecule has 1 aromatic heterocycles. The first kappa shape index (κ1) is 15.6. The molecule has 1 heterocycles. The van der Waals surface area contributed by atoms with Crippen LogP contribution in [-0.4, -0.2) is 22.3 Å². The van der Waals surface area contributed by atoms with Gasteiger partial charge in [-0.1, -0.05) is 24.2 Å². The van der Waals surface area contributed by atoms with Gasteiger partial charge in [-0.2, -0.15) is 0 Å². The molecule has 0 unspecified atom stereocenters. The van der Waals surface area contributed by atoms with Gasteiger partial charge in [-0.05, 0) is 31.0 Å². The number of carboxylic acids is 1. The highest BCUT2D eigenvalue weighted by Crippen LogP contribution is 2.19. The van der Waals surface area contributed by atoms with E-state index in [1.165, 1.54) is 12.1 Å². The molecule has 2 rings (SSSR count). The van der Waals surface area contributed by atoms with E-state index in [0.717, 1.165) is 5.56 Å². The fourth-order valence-electron chi connectivity index (χ4n) is 1.92. The number of hydrogen-bond acceptors (Lipinski definition) is 4. The lowest BCUT2D eigenvalue weighted by molar-refractivity contribution is 0.0697. The van der Waals surface area contributed by atoms with Crippen molar-refractivity contribution in [1.82, 2.24) is 10.5 Å². The van der Waals surface area contributed by atoms with Crippen LogP contribution in [0.4, 0.5) is 10.5 Å². The predicted molar refractivity (Wildman–Crippen MR) is 79.9 cm³/mol. The van der Waals surface area contributed by atoms with Gasteiger partial charge >= 0.3 is 12.0 Å². The molecular weight excluding hydrogens is 286 g/mol. The molecule has 0 saturated carbocycles. The van der Waals surface area contributed by atoms with Crippen LogP contribution < -0.4 is 10.6 Å². The van der Waals surface area contributed by atoms with Crippen LogP contribution in [-0.2, 0) is 13.0 Å². The molecule has 2 amide bonds. The van der Waals surface area contributed by atoms with Crippen LogP contribution in [0.15, 0.2) is 28.8 Å². The summed E-state index contributed by atoms with van der Waals surface area (Å²) in [7, 11) is 0. The van der Waals surface area contributed by atoms with Crippen LogP contribution in [0.2, 0.25) is 0 Å². The zero-order valence-electron chi connectivity index (χ0n) is 12.3. The van der Waals surface area contributed by atoms with Gasteiger partial charge in [-0.25, -0.2) is 9.59 Å². The summed E-state index contributed by atoms with van der Waals surface area (Å²) in [4.78, 5) is 22.6. The molecule has 0 atom stereocenters. The van der Waals surface area contributed by atoms with Gasteiger partial charge in [0.1, 0.15) is 11.4 Å². The zero-order chi connectivity index (χ0) is 16.1. The Bertz CT molecular complexity index is 677. The first-order chi connectivity index (χ1) is 10.5. The minimum Gasteiger partial charge on any atom is -0.478 e. The number of carboxylic acid groups (broad SMARTS) is 1. The Balaban J connectivity index is 1.92. The lowest BCUT2D eigenvalue weighted by Gasteiger charge is -2.08. The average Bonchev–Trinajstić information content (AvgIpc) is 2.86. The number of carbonyl (C=O) groups excluding carboxylic acids is 1. The second kappa shape index (κ2) is 6.75. The van der Waals surface area contributed by atoms with E-state index in [4.69, 9.17) is 9.63 Å². The minimum atomic E-state index is -0.979. The van der Waals surface area contributed by atoms with Crippen molar-refractivity contribution in [2.24, 2.45) is 0 Å². The number of anilines is 1. The van der Waals surface area contributed by atoms with Crippen molar-refractivity contribution in [3.8, 4) is 0 Å². The second-order valence-corrected chi connectivity index (χ2v) is 4.72. The first-order valence-corrected chi connectivity index (χ1v) is 6.83. The van der Waals surface area contributed by atoms with Crippen LogP contribution in [0.1, 0.15) is 34.3 Å². The van der Waals surface area contributed by atoms with Crippen molar-refractivity contribution < 1.29 is 19.2 Å². The van der Waals surface area contributed by atoms with Gasteiger partial charge in [-0.3, -0.25) is 0 Å². The molecule has 0 spiro atoms. The molecule has 1 aromatic carbocycles. The summed E-state index contributed by atoms with van der Waals surface area (Å²) < 4.78 is 5.04. The molecule has 0 saturated heterocycles. The third-order valence-electron chi connectivity index (χ3n) is 3.16. The molecule has 7 heteroatoms. The highest BCUT2D eigenvalue weighted by Gasteiger charge is 2.13. The van der Waals surface area contributed by atoms with Crippen molar-refractivity contribution in [2.45, 2.75) is 26.8 Å². The van der Waals surface area contributed by atoms with Crippen LogP contribution in [0.5, 0.6) is 0 Å². The van der Waals surface area contributed by atoms with Crippen LogP contribution in [0.25, 0.3) is 0 Å². The van der Waals surface area contributed by atoms with Crippen molar-refractivity contribution in [3.63, 3.8) is 0 Å². The summed E-state index contributed by atoms with van der Waals surface area (Å²) >= 11 is 0. The van der Waals surface area contributed by atoms with E-state index in [-0.39, 0.29) is 18.1 Å². The van der Waals surface area contributed by atoms with E-state index in [1.807, 2.05) is 6.92 Å². The van der Waals surface area contributed by atoms with Gasteiger partial charge < -0.3 is 20.3 Å². The lowest BCUT2D eigenvalue weighted by Crippen LogP contribution is -2.28. The van der Waals surface area contributed by atoms with E-state index < -0.39 is 5.97 Å². The number of nitrogens with one attached hydrogen (secondary N) is 2. The number of aryl methyl sites for hydroxylation is 2. The Hall–Kier alpha value is -2.83. The van der Waals surface area contributed by atoms with Crippen molar-refractivity contribution >= 4 is 17.7 Å². The van der Waals surface area contributed by atoms with Crippen molar-refractivity contribution in [2.75, 3.05) is 5.32 Å². The molecule has 3 N–H and O–H groups in total. The smallest absolute Gasteiger partial charge is 0.335 e. The number of rotatable bonds is 5. The fourth-order valence-corrected chi connectivity index (χ4v) is 1.92. The highest BCUT2D eigenvalue weighted by atomic mass is 16.5. The van der Waals surface area contributed by atoms with Gasteiger partial charge in [0.2, 0.25) is 0 Å². The van der Waals surface area contributed by atoms with Crippen molar-refractivity contribution in [1.29, 1.82) is 0 Å². The number of aromatic nitrogens is 1. The maximum atomic E-state index is 11.9. The number of amides is 2. The fraction of sp³-hybridized carbons (Fsp3) is 0.267. The average molecular weight is 303 g/mol.